The summed E-state index contributed by atoms with van der Waals surface area (Å²) >= 11 is 9.49. The molecule has 18 heavy (non-hydrogen) atoms. The highest BCUT2D eigenvalue weighted by Crippen LogP contribution is 2.25. The smallest absolute Gasteiger partial charge is 0.123 e. The first-order chi connectivity index (χ1) is 8.58. The summed E-state index contributed by atoms with van der Waals surface area (Å²) in [5.41, 5.74) is 2.87. The third-order valence-electron chi connectivity index (χ3n) is 2.74. The number of anilines is 1. The van der Waals surface area contributed by atoms with E-state index in [4.69, 9.17) is 11.6 Å². The summed E-state index contributed by atoms with van der Waals surface area (Å²) in [6.07, 6.45) is 0. The van der Waals surface area contributed by atoms with Crippen LogP contribution in [0.3, 0.4) is 0 Å². The van der Waals surface area contributed by atoms with Crippen LogP contribution in [0.2, 0.25) is 5.02 Å². The number of rotatable bonds is 3. The monoisotopic (exact) mass is 327 g/mol. The van der Waals surface area contributed by atoms with Crippen molar-refractivity contribution in [2.24, 2.45) is 0 Å². The fraction of sp³-hybridized carbons (Fsp3) is 0.143. The minimum Gasteiger partial charge on any atom is -0.381 e. The Morgan fingerprint density at radius 1 is 1.28 bits per heavy atom. The van der Waals surface area contributed by atoms with Crippen LogP contribution in [0.25, 0.3) is 0 Å². The van der Waals surface area contributed by atoms with Gasteiger partial charge in [0.1, 0.15) is 5.82 Å². The molecule has 0 saturated carbocycles. The van der Waals surface area contributed by atoms with E-state index in [0.717, 1.165) is 21.3 Å². The second-order valence-corrected chi connectivity index (χ2v) is 5.26. The van der Waals surface area contributed by atoms with Crippen molar-refractivity contribution in [3.8, 4) is 0 Å². The van der Waals surface area contributed by atoms with E-state index in [2.05, 4.69) is 21.2 Å². The Hall–Kier alpha value is -1.06. The minimum atomic E-state index is -0.276. The molecular weight excluding hydrogens is 317 g/mol. The van der Waals surface area contributed by atoms with Gasteiger partial charge in [-0.3, -0.25) is 0 Å². The van der Waals surface area contributed by atoms with Crippen molar-refractivity contribution in [2.75, 3.05) is 5.32 Å². The lowest BCUT2D eigenvalue weighted by atomic mass is 10.1. The molecule has 0 aliphatic heterocycles. The van der Waals surface area contributed by atoms with Gasteiger partial charge in [0.05, 0.1) is 0 Å². The van der Waals surface area contributed by atoms with Crippen LogP contribution >= 0.6 is 27.5 Å². The molecule has 0 radical (unpaired) electrons. The molecule has 4 heteroatoms. The second-order valence-electron chi connectivity index (χ2n) is 4.00. The first-order valence-corrected chi connectivity index (χ1v) is 6.68. The minimum absolute atomic E-state index is 0.276. The standard InChI is InChI=1S/C14H12BrClFN/c1-9-12(15)3-2-4-14(9)18-8-10-7-11(17)5-6-13(10)16/h2-7,18H,8H2,1H3. The lowest BCUT2D eigenvalue weighted by molar-refractivity contribution is 0.626. The Balaban J connectivity index is 2.16. The maximum Gasteiger partial charge on any atom is 0.123 e. The number of hydrogen-bond acceptors (Lipinski definition) is 1. The molecular formula is C14H12BrClFN. The van der Waals surface area contributed by atoms with Crippen LogP contribution in [0.4, 0.5) is 10.1 Å². The Labute approximate surface area is 119 Å². The van der Waals surface area contributed by atoms with Gasteiger partial charge in [0.25, 0.3) is 0 Å². The van der Waals surface area contributed by atoms with Gasteiger partial charge >= 0.3 is 0 Å². The van der Waals surface area contributed by atoms with E-state index >= 15 is 0 Å². The van der Waals surface area contributed by atoms with E-state index in [0.29, 0.717) is 11.6 Å². The molecule has 0 saturated heterocycles. The summed E-state index contributed by atoms with van der Waals surface area (Å²) in [5.74, 6) is -0.276. The maximum absolute atomic E-state index is 13.1. The first-order valence-electron chi connectivity index (χ1n) is 5.51. The molecule has 0 unspecified atom stereocenters. The van der Waals surface area contributed by atoms with Crippen molar-refractivity contribution in [3.63, 3.8) is 0 Å². The zero-order valence-electron chi connectivity index (χ0n) is 9.81. The van der Waals surface area contributed by atoms with E-state index in [1.165, 1.54) is 12.1 Å². The topological polar surface area (TPSA) is 12.0 Å². The highest BCUT2D eigenvalue weighted by atomic mass is 79.9. The molecule has 0 heterocycles. The number of hydrogen-bond donors (Lipinski definition) is 1. The molecule has 0 aliphatic rings. The Bertz CT molecular complexity index is 570. The quantitative estimate of drug-likeness (QED) is 0.820. The van der Waals surface area contributed by atoms with E-state index in [1.807, 2.05) is 25.1 Å². The number of nitrogens with one attached hydrogen (secondary N) is 1. The summed E-state index contributed by atoms with van der Waals surface area (Å²) < 4.78 is 14.2. The predicted octanol–water partition coefficient (Wildman–Crippen LogP) is 5.16. The van der Waals surface area contributed by atoms with Crippen molar-refractivity contribution < 1.29 is 4.39 Å². The second kappa shape index (κ2) is 5.72. The molecule has 0 aliphatic carbocycles. The Kier molecular flexibility index (Phi) is 4.25. The molecule has 0 atom stereocenters. The molecule has 0 spiro atoms. The highest BCUT2D eigenvalue weighted by Gasteiger charge is 2.04. The van der Waals surface area contributed by atoms with Gasteiger partial charge in [0, 0.05) is 21.7 Å². The third-order valence-corrected chi connectivity index (χ3v) is 3.97. The summed E-state index contributed by atoms with van der Waals surface area (Å²) in [7, 11) is 0. The largest absolute Gasteiger partial charge is 0.381 e. The summed E-state index contributed by atoms with van der Waals surface area (Å²) in [4.78, 5) is 0. The van der Waals surface area contributed by atoms with Crippen LogP contribution in [0.15, 0.2) is 40.9 Å². The van der Waals surface area contributed by atoms with Crippen LogP contribution in [0.1, 0.15) is 11.1 Å². The van der Waals surface area contributed by atoms with Gasteiger partial charge in [-0.2, -0.15) is 0 Å². The predicted molar refractivity (Wildman–Crippen MR) is 77.6 cm³/mol. The van der Waals surface area contributed by atoms with Gasteiger partial charge in [-0.15, -0.1) is 0 Å². The third kappa shape index (κ3) is 3.03. The SMILES string of the molecule is Cc1c(Br)cccc1NCc1cc(F)ccc1Cl. The molecule has 1 N–H and O–H groups in total. The molecule has 2 aromatic rings. The van der Waals surface area contributed by atoms with Crippen molar-refractivity contribution in [1.29, 1.82) is 0 Å². The molecule has 94 valence electrons. The molecule has 0 aromatic heterocycles. The van der Waals surface area contributed by atoms with Gasteiger partial charge in [0.2, 0.25) is 0 Å². The van der Waals surface area contributed by atoms with Crippen molar-refractivity contribution >= 4 is 33.2 Å². The zero-order chi connectivity index (χ0) is 13.1. The molecule has 2 rings (SSSR count). The van der Waals surface area contributed by atoms with E-state index in [1.54, 1.807) is 6.07 Å². The van der Waals surface area contributed by atoms with Crippen LogP contribution < -0.4 is 5.32 Å². The fourth-order valence-electron chi connectivity index (χ4n) is 1.67. The first kappa shape index (κ1) is 13.4. The van der Waals surface area contributed by atoms with Gasteiger partial charge in [-0.25, -0.2) is 4.39 Å². The molecule has 2 aromatic carbocycles. The Morgan fingerprint density at radius 2 is 2.06 bits per heavy atom. The van der Waals surface area contributed by atoms with Crippen LogP contribution in [-0.4, -0.2) is 0 Å². The van der Waals surface area contributed by atoms with E-state index in [-0.39, 0.29) is 5.82 Å². The number of benzene rings is 2. The lowest BCUT2D eigenvalue weighted by Crippen LogP contribution is -2.02. The van der Waals surface area contributed by atoms with Crippen molar-refractivity contribution in [2.45, 2.75) is 13.5 Å². The molecule has 0 amide bonds. The molecule has 1 nitrogen and oxygen atoms in total. The lowest BCUT2D eigenvalue weighted by Gasteiger charge is -2.11. The summed E-state index contributed by atoms with van der Waals surface area (Å²) in [6.45, 7) is 2.51. The van der Waals surface area contributed by atoms with Crippen molar-refractivity contribution in [1.82, 2.24) is 0 Å². The van der Waals surface area contributed by atoms with Crippen LogP contribution in [0, 0.1) is 12.7 Å². The normalized spacial score (nSPS) is 10.4. The fourth-order valence-corrected chi connectivity index (χ4v) is 2.22. The van der Waals surface area contributed by atoms with E-state index in [9.17, 15) is 4.39 Å². The molecule has 0 fully saturated rings. The average molecular weight is 329 g/mol. The van der Waals surface area contributed by atoms with Crippen LogP contribution in [0.5, 0.6) is 0 Å². The van der Waals surface area contributed by atoms with Crippen LogP contribution in [-0.2, 0) is 6.54 Å². The van der Waals surface area contributed by atoms with Gasteiger partial charge in [-0.1, -0.05) is 33.6 Å². The summed E-state index contributed by atoms with van der Waals surface area (Å²) in [5, 5.41) is 3.82. The zero-order valence-corrected chi connectivity index (χ0v) is 12.1. The van der Waals surface area contributed by atoms with Gasteiger partial charge in [-0.05, 0) is 48.4 Å². The molecule has 0 bridgehead atoms. The Morgan fingerprint density at radius 3 is 2.83 bits per heavy atom. The van der Waals surface area contributed by atoms with Crippen molar-refractivity contribution in [3.05, 3.63) is 62.8 Å². The van der Waals surface area contributed by atoms with Gasteiger partial charge < -0.3 is 5.32 Å². The summed E-state index contributed by atoms with van der Waals surface area (Å²) in [6, 6.07) is 10.3. The number of halogens is 3. The maximum atomic E-state index is 13.1. The van der Waals surface area contributed by atoms with E-state index < -0.39 is 0 Å². The highest BCUT2D eigenvalue weighted by molar-refractivity contribution is 9.10. The van der Waals surface area contributed by atoms with Gasteiger partial charge in [0.15, 0.2) is 0 Å². The average Bonchev–Trinajstić information content (AvgIpc) is 2.35.